The van der Waals surface area contributed by atoms with Crippen LogP contribution in [0.15, 0.2) is 48.8 Å². The van der Waals surface area contributed by atoms with Crippen molar-refractivity contribution in [2.24, 2.45) is 0 Å². The van der Waals surface area contributed by atoms with Gasteiger partial charge >= 0.3 is 0 Å². The molecule has 1 aliphatic rings. The van der Waals surface area contributed by atoms with Gasteiger partial charge < -0.3 is 5.32 Å². The minimum Gasteiger partial charge on any atom is -0.384 e. The highest BCUT2D eigenvalue weighted by Gasteiger charge is 2.16. The lowest BCUT2D eigenvalue weighted by Gasteiger charge is -2.10. The van der Waals surface area contributed by atoms with Crippen molar-refractivity contribution in [3.63, 3.8) is 0 Å². The second-order valence-corrected chi connectivity index (χ2v) is 4.57. The minimum atomic E-state index is 0.996. The second kappa shape index (κ2) is 3.60. The maximum atomic E-state index is 4.35. The summed E-state index contributed by atoms with van der Waals surface area (Å²) in [7, 11) is 0. The van der Waals surface area contributed by atoms with E-state index in [-0.39, 0.29) is 0 Å². The molecule has 4 rings (SSSR count). The van der Waals surface area contributed by atoms with Crippen LogP contribution in [0.5, 0.6) is 0 Å². The second-order valence-electron chi connectivity index (χ2n) is 4.57. The van der Waals surface area contributed by atoms with E-state index in [4.69, 9.17) is 0 Å². The third-order valence-electron chi connectivity index (χ3n) is 3.57. The lowest BCUT2D eigenvalue weighted by atomic mass is 10.0. The number of hydrogen-bond acceptors (Lipinski definition) is 2. The molecule has 18 heavy (non-hydrogen) atoms. The molecule has 0 unspecified atom stereocenters. The number of hydrogen-bond donors (Lipinski definition) is 1. The summed E-state index contributed by atoms with van der Waals surface area (Å²) in [5.41, 5.74) is 6.20. The van der Waals surface area contributed by atoms with E-state index in [2.05, 4.69) is 45.0 Å². The Morgan fingerprint density at radius 3 is 3.06 bits per heavy atom. The van der Waals surface area contributed by atoms with Gasteiger partial charge in [0.15, 0.2) is 0 Å². The van der Waals surface area contributed by atoms with Crippen molar-refractivity contribution in [2.75, 3.05) is 11.9 Å². The van der Waals surface area contributed by atoms with Gasteiger partial charge in [0.05, 0.1) is 5.69 Å². The number of anilines is 1. The van der Waals surface area contributed by atoms with Gasteiger partial charge in [-0.1, -0.05) is 18.2 Å². The van der Waals surface area contributed by atoms with E-state index < -0.39 is 0 Å². The molecule has 88 valence electrons. The third-order valence-corrected chi connectivity index (χ3v) is 3.57. The molecule has 0 bridgehead atoms. The van der Waals surface area contributed by atoms with Crippen LogP contribution in [0.1, 0.15) is 5.56 Å². The van der Waals surface area contributed by atoms with Crippen molar-refractivity contribution >= 4 is 11.3 Å². The van der Waals surface area contributed by atoms with Crippen LogP contribution in [0.25, 0.3) is 16.9 Å². The Labute approximate surface area is 105 Å². The van der Waals surface area contributed by atoms with Crippen molar-refractivity contribution < 1.29 is 0 Å². The number of fused-ring (bicyclic) bond motifs is 2. The monoisotopic (exact) mass is 235 g/mol. The SMILES string of the molecule is c1cc2c(c(-c3cccc4nccn34)c1)CCN2. The number of benzene rings is 1. The van der Waals surface area contributed by atoms with E-state index in [1.807, 2.05) is 18.5 Å². The smallest absolute Gasteiger partial charge is 0.137 e. The van der Waals surface area contributed by atoms with Crippen LogP contribution >= 0.6 is 0 Å². The normalized spacial score (nSPS) is 13.6. The summed E-state index contributed by atoms with van der Waals surface area (Å²) in [5, 5.41) is 3.43. The predicted octanol–water partition coefficient (Wildman–Crippen LogP) is 2.97. The summed E-state index contributed by atoms with van der Waals surface area (Å²) in [4.78, 5) is 4.35. The van der Waals surface area contributed by atoms with E-state index in [1.165, 1.54) is 22.5 Å². The molecule has 3 aromatic rings. The standard InChI is InChI=1S/C15H13N3/c1-3-12(11-7-8-16-13(11)4-1)14-5-2-6-15-17-9-10-18(14)15/h1-6,9-10,16H,7-8H2. The van der Waals surface area contributed by atoms with Gasteiger partial charge in [-0.15, -0.1) is 0 Å². The number of aromatic nitrogens is 2. The van der Waals surface area contributed by atoms with Gasteiger partial charge in [0.2, 0.25) is 0 Å². The Bertz CT molecular complexity index is 727. The summed E-state index contributed by atoms with van der Waals surface area (Å²) in [5.74, 6) is 0. The van der Waals surface area contributed by atoms with Crippen molar-refractivity contribution in [3.8, 4) is 11.3 Å². The molecule has 0 fully saturated rings. The summed E-state index contributed by atoms with van der Waals surface area (Å²) in [6, 6.07) is 12.7. The molecule has 0 spiro atoms. The highest BCUT2D eigenvalue weighted by Crippen LogP contribution is 2.32. The zero-order valence-corrected chi connectivity index (χ0v) is 9.93. The first-order valence-corrected chi connectivity index (χ1v) is 6.22. The van der Waals surface area contributed by atoms with Gasteiger partial charge in [0, 0.05) is 30.2 Å². The van der Waals surface area contributed by atoms with Crippen LogP contribution in [0.3, 0.4) is 0 Å². The van der Waals surface area contributed by atoms with Crippen LogP contribution in [-0.2, 0) is 6.42 Å². The average molecular weight is 235 g/mol. The van der Waals surface area contributed by atoms with Crippen LogP contribution in [0.2, 0.25) is 0 Å². The first-order chi connectivity index (χ1) is 8.93. The lowest BCUT2D eigenvalue weighted by molar-refractivity contribution is 1.10. The Morgan fingerprint density at radius 2 is 2.06 bits per heavy atom. The molecule has 0 radical (unpaired) electrons. The van der Waals surface area contributed by atoms with Crippen molar-refractivity contribution in [2.45, 2.75) is 6.42 Å². The van der Waals surface area contributed by atoms with Crippen molar-refractivity contribution in [1.29, 1.82) is 0 Å². The number of pyridine rings is 1. The number of nitrogens with one attached hydrogen (secondary N) is 1. The van der Waals surface area contributed by atoms with Crippen LogP contribution in [0.4, 0.5) is 5.69 Å². The fourth-order valence-electron chi connectivity index (χ4n) is 2.75. The molecule has 3 heteroatoms. The van der Waals surface area contributed by atoms with Crippen LogP contribution < -0.4 is 5.32 Å². The largest absolute Gasteiger partial charge is 0.384 e. The molecule has 3 nitrogen and oxygen atoms in total. The molecule has 2 aromatic heterocycles. The molecule has 0 saturated carbocycles. The van der Waals surface area contributed by atoms with Crippen LogP contribution in [0, 0.1) is 0 Å². The Morgan fingerprint density at radius 1 is 1.11 bits per heavy atom. The molecule has 0 amide bonds. The molecule has 0 saturated heterocycles. The van der Waals surface area contributed by atoms with Crippen molar-refractivity contribution in [3.05, 3.63) is 54.4 Å². The average Bonchev–Trinajstić information content (AvgIpc) is 3.06. The van der Waals surface area contributed by atoms with Gasteiger partial charge in [-0.3, -0.25) is 4.40 Å². The molecule has 0 atom stereocenters. The van der Waals surface area contributed by atoms with E-state index >= 15 is 0 Å². The van der Waals surface area contributed by atoms with Crippen LogP contribution in [-0.4, -0.2) is 15.9 Å². The zero-order valence-electron chi connectivity index (χ0n) is 9.93. The van der Waals surface area contributed by atoms with Gasteiger partial charge in [0.25, 0.3) is 0 Å². The summed E-state index contributed by atoms with van der Waals surface area (Å²) < 4.78 is 2.15. The van der Waals surface area contributed by atoms with E-state index in [0.717, 1.165) is 18.6 Å². The third kappa shape index (κ3) is 1.27. The first-order valence-electron chi connectivity index (χ1n) is 6.22. The molecule has 3 heterocycles. The molecule has 1 aromatic carbocycles. The predicted molar refractivity (Wildman–Crippen MR) is 72.8 cm³/mol. The van der Waals surface area contributed by atoms with Gasteiger partial charge in [-0.05, 0) is 30.2 Å². The highest BCUT2D eigenvalue weighted by molar-refractivity contribution is 5.75. The highest BCUT2D eigenvalue weighted by atomic mass is 15.0. The summed E-state index contributed by atoms with van der Waals surface area (Å²) >= 11 is 0. The van der Waals surface area contributed by atoms with E-state index in [9.17, 15) is 0 Å². The lowest BCUT2D eigenvalue weighted by Crippen LogP contribution is -1.93. The maximum Gasteiger partial charge on any atom is 0.137 e. The maximum absolute atomic E-state index is 4.35. The zero-order chi connectivity index (χ0) is 11.9. The Balaban J connectivity index is 2.03. The molecule has 1 aliphatic heterocycles. The fraction of sp³-hybridized carbons (Fsp3) is 0.133. The summed E-state index contributed by atoms with van der Waals surface area (Å²) in [6.45, 7) is 1.03. The Hall–Kier alpha value is -2.29. The Kier molecular flexibility index (Phi) is 1.94. The van der Waals surface area contributed by atoms with Gasteiger partial charge in [0.1, 0.15) is 5.65 Å². The van der Waals surface area contributed by atoms with E-state index in [1.54, 1.807) is 0 Å². The minimum absolute atomic E-state index is 0.996. The van der Waals surface area contributed by atoms with Crippen molar-refractivity contribution in [1.82, 2.24) is 9.38 Å². The van der Waals surface area contributed by atoms with Gasteiger partial charge in [-0.2, -0.15) is 0 Å². The first kappa shape index (κ1) is 9.71. The number of nitrogens with zero attached hydrogens (tertiary/aromatic N) is 2. The molecular formula is C15H13N3. The number of rotatable bonds is 1. The molecule has 1 N–H and O–H groups in total. The van der Waals surface area contributed by atoms with Gasteiger partial charge in [-0.25, -0.2) is 4.98 Å². The molecular weight excluding hydrogens is 222 g/mol. The fourth-order valence-corrected chi connectivity index (χ4v) is 2.75. The topological polar surface area (TPSA) is 29.3 Å². The number of imidazole rings is 1. The van der Waals surface area contributed by atoms with E-state index in [0.29, 0.717) is 0 Å². The summed E-state index contributed by atoms with van der Waals surface area (Å²) in [6.07, 6.45) is 4.96. The molecule has 0 aliphatic carbocycles. The quantitative estimate of drug-likeness (QED) is 0.702.